The van der Waals surface area contributed by atoms with E-state index in [9.17, 15) is 19.5 Å². The van der Waals surface area contributed by atoms with Crippen LogP contribution in [0.4, 0.5) is 0 Å². The van der Waals surface area contributed by atoms with Gasteiger partial charge in [-0.1, -0.05) is 75.1 Å². The number of aromatic nitrogens is 2. The SMILES string of the molecule is CCCc1c(C=O)n(CC2CCCCC2)c(=O)n1Cc1ccc(-c2ccccc2C(=O)O)cc1. The Kier molecular flexibility index (Phi) is 7.46. The van der Waals surface area contributed by atoms with Crippen molar-refractivity contribution in [2.75, 3.05) is 0 Å². The number of rotatable bonds is 9. The van der Waals surface area contributed by atoms with E-state index in [0.29, 0.717) is 36.7 Å². The summed E-state index contributed by atoms with van der Waals surface area (Å²) in [6, 6.07) is 14.6. The largest absolute Gasteiger partial charge is 0.478 e. The summed E-state index contributed by atoms with van der Waals surface area (Å²) in [6.45, 7) is 3.05. The van der Waals surface area contributed by atoms with Gasteiger partial charge < -0.3 is 5.11 Å². The monoisotopic (exact) mass is 460 g/mol. The zero-order valence-corrected chi connectivity index (χ0v) is 19.7. The van der Waals surface area contributed by atoms with Crippen molar-refractivity contribution in [3.05, 3.63) is 81.5 Å². The topological polar surface area (TPSA) is 81.3 Å². The van der Waals surface area contributed by atoms with Gasteiger partial charge >= 0.3 is 11.7 Å². The van der Waals surface area contributed by atoms with Crippen LogP contribution in [0.15, 0.2) is 53.3 Å². The summed E-state index contributed by atoms with van der Waals surface area (Å²) in [4.78, 5) is 37.1. The first-order chi connectivity index (χ1) is 16.5. The maximum atomic E-state index is 13.4. The highest BCUT2D eigenvalue weighted by Crippen LogP contribution is 2.27. The van der Waals surface area contributed by atoms with Gasteiger partial charge in [-0.05, 0) is 47.9 Å². The van der Waals surface area contributed by atoms with Gasteiger partial charge in [0, 0.05) is 6.54 Å². The molecule has 4 rings (SSSR count). The Morgan fingerprint density at radius 3 is 2.38 bits per heavy atom. The number of benzene rings is 2. The number of aromatic carboxylic acids is 1. The number of hydrogen-bond donors (Lipinski definition) is 1. The van der Waals surface area contributed by atoms with E-state index in [1.807, 2.05) is 30.3 Å². The zero-order valence-electron chi connectivity index (χ0n) is 19.7. The van der Waals surface area contributed by atoms with Crippen molar-refractivity contribution >= 4 is 12.3 Å². The minimum Gasteiger partial charge on any atom is -0.478 e. The van der Waals surface area contributed by atoms with Crippen molar-refractivity contribution in [3.8, 4) is 11.1 Å². The number of hydrogen-bond acceptors (Lipinski definition) is 3. The van der Waals surface area contributed by atoms with Gasteiger partial charge in [0.2, 0.25) is 0 Å². The molecule has 0 bridgehead atoms. The maximum absolute atomic E-state index is 13.4. The molecule has 1 aromatic heterocycles. The van der Waals surface area contributed by atoms with Gasteiger partial charge in [-0.15, -0.1) is 0 Å². The molecular formula is C28H32N2O4. The van der Waals surface area contributed by atoms with E-state index >= 15 is 0 Å². The van der Waals surface area contributed by atoms with E-state index < -0.39 is 5.97 Å². The lowest BCUT2D eigenvalue weighted by Crippen LogP contribution is -2.29. The molecule has 178 valence electrons. The Hall–Kier alpha value is -3.41. The summed E-state index contributed by atoms with van der Waals surface area (Å²) in [7, 11) is 0. The zero-order chi connectivity index (χ0) is 24.1. The number of carbonyl (C=O) groups is 2. The normalized spacial score (nSPS) is 14.3. The van der Waals surface area contributed by atoms with Crippen LogP contribution in [0.5, 0.6) is 0 Å². The molecular weight excluding hydrogens is 428 g/mol. The number of nitrogens with zero attached hydrogens (tertiary/aromatic N) is 2. The minimum atomic E-state index is -0.962. The molecule has 1 aliphatic carbocycles. The van der Waals surface area contributed by atoms with Crippen molar-refractivity contribution in [1.29, 1.82) is 0 Å². The third kappa shape index (κ3) is 4.91. The standard InChI is InChI=1S/C28H32N2O4/c1-2-8-25-26(19-31)30(17-20-9-4-3-5-10-20)28(34)29(25)18-21-13-15-22(16-14-21)23-11-6-7-12-24(23)27(32)33/h6-7,11-16,19-20H,2-5,8-10,17-18H2,1H3,(H,32,33). The minimum absolute atomic E-state index is 0.114. The average Bonchev–Trinajstić information content (AvgIpc) is 3.10. The van der Waals surface area contributed by atoms with Crippen molar-refractivity contribution in [1.82, 2.24) is 9.13 Å². The Morgan fingerprint density at radius 1 is 1.03 bits per heavy atom. The molecule has 1 aliphatic rings. The van der Waals surface area contributed by atoms with Gasteiger partial charge in [0.1, 0.15) is 5.69 Å². The van der Waals surface area contributed by atoms with Crippen molar-refractivity contribution in [3.63, 3.8) is 0 Å². The molecule has 1 fully saturated rings. The van der Waals surface area contributed by atoms with Crippen LogP contribution >= 0.6 is 0 Å². The second-order valence-electron chi connectivity index (χ2n) is 9.23. The summed E-state index contributed by atoms with van der Waals surface area (Å²) < 4.78 is 3.45. The highest BCUT2D eigenvalue weighted by atomic mass is 16.4. The van der Waals surface area contributed by atoms with Crippen LogP contribution in [0.25, 0.3) is 11.1 Å². The van der Waals surface area contributed by atoms with Crippen molar-refractivity contribution in [2.24, 2.45) is 5.92 Å². The highest BCUT2D eigenvalue weighted by molar-refractivity contribution is 5.96. The lowest BCUT2D eigenvalue weighted by molar-refractivity contribution is 0.0697. The molecule has 0 amide bonds. The first-order valence-corrected chi connectivity index (χ1v) is 12.2. The summed E-state index contributed by atoms with van der Waals surface area (Å²) >= 11 is 0. The molecule has 0 spiro atoms. The average molecular weight is 461 g/mol. The van der Waals surface area contributed by atoms with E-state index in [1.54, 1.807) is 27.3 Å². The molecule has 0 unspecified atom stereocenters. The van der Waals surface area contributed by atoms with Gasteiger partial charge in [-0.2, -0.15) is 0 Å². The van der Waals surface area contributed by atoms with Gasteiger partial charge in [0.15, 0.2) is 6.29 Å². The number of carbonyl (C=O) groups excluding carboxylic acids is 1. The van der Waals surface area contributed by atoms with Crippen molar-refractivity contribution < 1.29 is 14.7 Å². The number of carboxylic acid groups (broad SMARTS) is 1. The smallest absolute Gasteiger partial charge is 0.336 e. The molecule has 1 heterocycles. The first kappa shape index (κ1) is 23.7. The first-order valence-electron chi connectivity index (χ1n) is 12.2. The van der Waals surface area contributed by atoms with Crippen LogP contribution in [-0.2, 0) is 19.5 Å². The molecule has 0 aliphatic heterocycles. The highest BCUT2D eigenvalue weighted by Gasteiger charge is 2.23. The Labute approximate surface area is 199 Å². The van der Waals surface area contributed by atoms with Crippen LogP contribution in [0.1, 0.15) is 77.6 Å². The summed E-state index contributed by atoms with van der Waals surface area (Å²) in [5.74, 6) is -0.514. The molecule has 6 nitrogen and oxygen atoms in total. The van der Waals surface area contributed by atoms with Crippen LogP contribution < -0.4 is 5.69 Å². The van der Waals surface area contributed by atoms with Gasteiger partial charge in [-0.25, -0.2) is 9.59 Å². The van der Waals surface area contributed by atoms with Crippen LogP contribution in [0.2, 0.25) is 0 Å². The molecule has 3 aromatic rings. The van der Waals surface area contributed by atoms with Crippen LogP contribution in [0, 0.1) is 5.92 Å². The lowest BCUT2D eigenvalue weighted by Gasteiger charge is -2.21. The van der Waals surface area contributed by atoms with E-state index in [2.05, 4.69) is 6.92 Å². The lowest BCUT2D eigenvalue weighted by atomic mass is 9.89. The van der Waals surface area contributed by atoms with Gasteiger partial charge in [0.05, 0.1) is 17.8 Å². The van der Waals surface area contributed by atoms with E-state index in [1.165, 1.54) is 19.3 Å². The fraction of sp³-hybridized carbons (Fsp3) is 0.393. The predicted molar refractivity (Wildman–Crippen MR) is 133 cm³/mol. The molecule has 6 heteroatoms. The second-order valence-corrected chi connectivity index (χ2v) is 9.23. The Balaban J connectivity index is 1.65. The Morgan fingerprint density at radius 2 is 1.74 bits per heavy atom. The van der Waals surface area contributed by atoms with E-state index in [0.717, 1.165) is 42.4 Å². The predicted octanol–water partition coefficient (Wildman–Crippen LogP) is 5.41. The van der Waals surface area contributed by atoms with E-state index in [4.69, 9.17) is 0 Å². The molecule has 2 aromatic carbocycles. The molecule has 34 heavy (non-hydrogen) atoms. The van der Waals surface area contributed by atoms with Crippen molar-refractivity contribution in [2.45, 2.75) is 65.0 Å². The number of carboxylic acids is 1. The summed E-state index contributed by atoms with van der Waals surface area (Å²) in [5, 5.41) is 9.49. The fourth-order valence-electron chi connectivity index (χ4n) is 5.15. The van der Waals surface area contributed by atoms with E-state index in [-0.39, 0.29) is 11.3 Å². The number of imidazole rings is 1. The van der Waals surface area contributed by atoms with Crippen LogP contribution in [0.3, 0.4) is 0 Å². The fourth-order valence-corrected chi connectivity index (χ4v) is 5.15. The third-order valence-electron chi connectivity index (χ3n) is 6.90. The summed E-state index contributed by atoms with van der Waals surface area (Å²) in [5.41, 5.74) is 3.87. The molecule has 0 saturated heterocycles. The summed E-state index contributed by atoms with van der Waals surface area (Å²) in [6.07, 6.45) is 8.21. The molecule has 1 saturated carbocycles. The molecule has 1 N–H and O–H groups in total. The quantitative estimate of drug-likeness (QED) is 0.433. The van der Waals surface area contributed by atoms with Gasteiger partial charge in [-0.3, -0.25) is 13.9 Å². The van der Waals surface area contributed by atoms with Crippen LogP contribution in [-0.4, -0.2) is 26.5 Å². The number of aldehydes is 1. The maximum Gasteiger partial charge on any atom is 0.336 e. The van der Waals surface area contributed by atoms with Gasteiger partial charge in [0.25, 0.3) is 0 Å². The molecule has 0 radical (unpaired) electrons. The second kappa shape index (κ2) is 10.7. The molecule has 0 atom stereocenters. The third-order valence-corrected chi connectivity index (χ3v) is 6.90. The Bertz CT molecular complexity index is 1210.